The third-order valence-corrected chi connectivity index (χ3v) is 3.21. The highest BCUT2D eigenvalue weighted by atomic mass is 35.5. The Hall–Kier alpha value is -1.68. The van der Waals surface area contributed by atoms with Crippen molar-refractivity contribution in [3.8, 4) is 16.3 Å². The number of isocyanates is 1. The molecule has 0 saturated carbocycles. The summed E-state index contributed by atoms with van der Waals surface area (Å²) >= 11 is 7.21. The molecule has 0 fully saturated rings. The van der Waals surface area contributed by atoms with E-state index in [0.29, 0.717) is 21.3 Å². The van der Waals surface area contributed by atoms with Gasteiger partial charge in [-0.1, -0.05) is 11.6 Å². The Bertz CT molecular complexity index is 591. The monoisotopic (exact) mass is 266 g/mol. The number of thiazole rings is 1. The fourth-order valence-corrected chi connectivity index (χ4v) is 2.30. The molecule has 1 aromatic heterocycles. The van der Waals surface area contributed by atoms with Crippen molar-refractivity contribution in [2.24, 2.45) is 4.99 Å². The number of aliphatic imine (C=N–C) groups is 1. The van der Waals surface area contributed by atoms with Crippen LogP contribution in [0.1, 0.15) is 5.69 Å². The summed E-state index contributed by atoms with van der Waals surface area (Å²) in [7, 11) is 0. The van der Waals surface area contributed by atoms with Gasteiger partial charge in [0, 0.05) is 10.4 Å². The Morgan fingerprint density at radius 3 is 3.12 bits per heavy atom. The lowest BCUT2D eigenvalue weighted by Gasteiger charge is -2.00. The molecule has 0 unspecified atom stereocenters. The van der Waals surface area contributed by atoms with Crippen LogP contribution >= 0.6 is 22.9 Å². The van der Waals surface area contributed by atoms with Gasteiger partial charge < -0.3 is 5.11 Å². The summed E-state index contributed by atoms with van der Waals surface area (Å²) in [4.78, 5) is 17.7. The van der Waals surface area contributed by atoms with Crippen LogP contribution in [-0.2, 0) is 11.3 Å². The second-order valence-corrected chi connectivity index (χ2v) is 4.51. The number of hydrogen-bond acceptors (Lipinski definition) is 5. The molecular formula is C11H7ClN2O2S. The number of rotatable bonds is 3. The zero-order valence-electron chi connectivity index (χ0n) is 8.55. The smallest absolute Gasteiger partial charge is 0.235 e. The first kappa shape index (κ1) is 11.8. The molecule has 4 nitrogen and oxygen atoms in total. The van der Waals surface area contributed by atoms with Crippen LogP contribution in [-0.4, -0.2) is 16.2 Å². The lowest BCUT2D eigenvalue weighted by molar-refractivity contribution is 0.477. The van der Waals surface area contributed by atoms with Gasteiger partial charge in [-0.3, -0.25) is 0 Å². The van der Waals surface area contributed by atoms with Crippen LogP contribution in [0.4, 0.5) is 0 Å². The first-order valence-electron chi connectivity index (χ1n) is 4.67. The molecule has 0 aliphatic heterocycles. The van der Waals surface area contributed by atoms with Crippen LogP contribution in [0.2, 0.25) is 5.02 Å². The van der Waals surface area contributed by atoms with Gasteiger partial charge in [0.2, 0.25) is 6.08 Å². The fourth-order valence-electron chi connectivity index (χ4n) is 1.30. The molecule has 1 aromatic carbocycles. The summed E-state index contributed by atoms with van der Waals surface area (Å²) in [6.07, 6.45) is 1.45. The Labute approximate surface area is 106 Å². The van der Waals surface area contributed by atoms with E-state index in [2.05, 4.69) is 9.98 Å². The number of phenols is 1. The molecule has 0 bridgehead atoms. The Morgan fingerprint density at radius 2 is 2.35 bits per heavy atom. The zero-order chi connectivity index (χ0) is 12.3. The normalized spacial score (nSPS) is 9.94. The molecule has 17 heavy (non-hydrogen) atoms. The van der Waals surface area contributed by atoms with Gasteiger partial charge in [0.05, 0.1) is 17.8 Å². The third kappa shape index (κ3) is 2.71. The molecular weight excluding hydrogens is 260 g/mol. The minimum absolute atomic E-state index is 0.120. The van der Waals surface area contributed by atoms with Crippen molar-refractivity contribution in [1.29, 1.82) is 0 Å². The Morgan fingerprint density at radius 1 is 1.53 bits per heavy atom. The second kappa shape index (κ2) is 5.10. The Kier molecular flexibility index (Phi) is 3.54. The summed E-state index contributed by atoms with van der Waals surface area (Å²) in [6, 6.07) is 4.76. The molecule has 0 atom stereocenters. The third-order valence-electron chi connectivity index (χ3n) is 2.05. The first-order valence-corrected chi connectivity index (χ1v) is 5.93. The van der Waals surface area contributed by atoms with Gasteiger partial charge in [0.15, 0.2) is 0 Å². The largest absolute Gasteiger partial charge is 0.507 e. The number of aromatic hydroxyl groups is 1. The first-order chi connectivity index (χ1) is 8.20. The molecule has 0 amide bonds. The topological polar surface area (TPSA) is 62.5 Å². The van der Waals surface area contributed by atoms with E-state index in [-0.39, 0.29) is 12.3 Å². The fraction of sp³-hybridized carbons (Fsp3) is 0.0909. The number of phenolic OH excluding ortho intramolecular Hbond substituents is 1. The molecule has 0 spiro atoms. The highest BCUT2D eigenvalue weighted by molar-refractivity contribution is 7.13. The molecule has 2 aromatic rings. The van der Waals surface area contributed by atoms with Gasteiger partial charge in [-0.15, -0.1) is 11.3 Å². The predicted molar refractivity (Wildman–Crippen MR) is 66.1 cm³/mol. The maximum atomic E-state index is 9.98. The number of carbonyl (C=O) groups excluding carboxylic acids is 1. The number of benzene rings is 1. The standard InChI is InChI=1S/C11H7ClN2O2S/c12-7-1-2-10(16)9(3-7)11-14-8(5-17-11)4-13-6-15/h1-3,5,16H,4H2. The highest BCUT2D eigenvalue weighted by Gasteiger charge is 2.09. The summed E-state index contributed by atoms with van der Waals surface area (Å²) in [5.74, 6) is 0.120. The van der Waals surface area contributed by atoms with E-state index in [9.17, 15) is 9.90 Å². The van der Waals surface area contributed by atoms with Crippen molar-refractivity contribution in [3.63, 3.8) is 0 Å². The van der Waals surface area contributed by atoms with Crippen LogP contribution in [0, 0.1) is 0 Å². The van der Waals surface area contributed by atoms with Gasteiger partial charge in [-0.2, -0.15) is 4.99 Å². The molecule has 1 N–H and O–H groups in total. The predicted octanol–water partition coefficient (Wildman–Crippen LogP) is 3.00. The van der Waals surface area contributed by atoms with Crippen molar-refractivity contribution in [2.75, 3.05) is 0 Å². The van der Waals surface area contributed by atoms with Crippen molar-refractivity contribution in [3.05, 3.63) is 34.3 Å². The maximum Gasteiger partial charge on any atom is 0.235 e. The zero-order valence-corrected chi connectivity index (χ0v) is 10.1. The van der Waals surface area contributed by atoms with Crippen LogP contribution in [0.15, 0.2) is 28.6 Å². The van der Waals surface area contributed by atoms with Crippen molar-refractivity contribution in [2.45, 2.75) is 6.54 Å². The average molecular weight is 267 g/mol. The van der Waals surface area contributed by atoms with E-state index in [1.807, 2.05) is 0 Å². The molecule has 1 heterocycles. The van der Waals surface area contributed by atoms with E-state index in [0.717, 1.165) is 0 Å². The molecule has 0 aliphatic rings. The van der Waals surface area contributed by atoms with Crippen LogP contribution in [0.3, 0.4) is 0 Å². The maximum absolute atomic E-state index is 9.98. The average Bonchev–Trinajstić information content (AvgIpc) is 2.78. The number of aromatic nitrogens is 1. The second-order valence-electron chi connectivity index (χ2n) is 3.21. The SMILES string of the molecule is O=C=NCc1csc(-c2cc(Cl)ccc2O)n1. The summed E-state index contributed by atoms with van der Waals surface area (Å²) < 4.78 is 0. The number of halogens is 1. The van der Waals surface area contributed by atoms with Gasteiger partial charge in [-0.05, 0) is 18.2 Å². The van der Waals surface area contributed by atoms with E-state index in [1.165, 1.54) is 23.5 Å². The van der Waals surface area contributed by atoms with Crippen LogP contribution in [0.25, 0.3) is 10.6 Å². The van der Waals surface area contributed by atoms with Crippen LogP contribution in [0.5, 0.6) is 5.75 Å². The summed E-state index contributed by atoms with van der Waals surface area (Å²) in [5.41, 5.74) is 1.23. The quantitative estimate of drug-likeness (QED) is 0.686. The Balaban J connectivity index is 2.36. The van der Waals surface area contributed by atoms with Gasteiger partial charge >= 0.3 is 0 Å². The van der Waals surface area contributed by atoms with E-state index < -0.39 is 0 Å². The molecule has 2 rings (SSSR count). The van der Waals surface area contributed by atoms with E-state index in [1.54, 1.807) is 17.5 Å². The highest BCUT2D eigenvalue weighted by Crippen LogP contribution is 2.33. The molecule has 0 radical (unpaired) electrons. The molecule has 0 aliphatic carbocycles. The molecule has 0 saturated heterocycles. The summed E-state index contributed by atoms with van der Waals surface area (Å²) in [5, 5.41) is 12.6. The molecule has 6 heteroatoms. The number of nitrogens with zero attached hydrogens (tertiary/aromatic N) is 2. The van der Waals surface area contributed by atoms with Gasteiger partial charge in [-0.25, -0.2) is 9.78 Å². The van der Waals surface area contributed by atoms with Gasteiger partial charge in [0.1, 0.15) is 10.8 Å². The van der Waals surface area contributed by atoms with Crippen LogP contribution < -0.4 is 0 Å². The molecule has 86 valence electrons. The lowest BCUT2D eigenvalue weighted by atomic mass is 10.2. The lowest BCUT2D eigenvalue weighted by Crippen LogP contribution is -1.82. The van der Waals surface area contributed by atoms with Crippen molar-refractivity contribution >= 4 is 29.0 Å². The van der Waals surface area contributed by atoms with Crippen molar-refractivity contribution < 1.29 is 9.90 Å². The minimum atomic E-state index is 0.120. The van der Waals surface area contributed by atoms with Gasteiger partial charge in [0.25, 0.3) is 0 Å². The van der Waals surface area contributed by atoms with E-state index in [4.69, 9.17) is 11.6 Å². The van der Waals surface area contributed by atoms with Crippen molar-refractivity contribution in [1.82, 2.24) is 4.98 Å². The van der Waals surface area contributed by atoms with E-state index >= 15 is 0 Å². The number of hydrogen-bond donors (Lipinski definition) is 1. The minimum Gasteiger partial charge on any atom is -0.507 e. The summed E-state index contributed by atoms with van der Waals surface area (Å²) in [6.45, 7) is 0.196.